The molecule has 0 aliphatic rings. The Balaban J connectivity index is 2.27. The zero-order valence-electron chi connectivity index (χ0n) is 10.4. The maximum atomic E-state index is 11.0. The third-order valence-corrected chi connectivity index (χ3v) is 3.10. The summed E-state index contributed by atoms with van der Waals surface area (Å²) < 4.78 is 0. The van der Waals surface area contributed by atoms with Gasteiger partial charge < -0.3 is 10.0 Å². The molecule has 0 aliphatic heterocycles. The number of anilines is 1. The van der Waals surface area contributed by atoms with Crippen LogP contribution >= 0.6 is 11.6 Å². The Morgan fingerprint density at radius 3 is 2.63 bits per heavy atom. The Hall–Kier alpha value is -2.07. The van der Waals surface area contributed by atoms with Gasteiger partial charge in [-0.05, 0) is 11.6 Å². The van der Waals surface area contributed by atoms with E-state index in [0.29, 0.717) is 12.4 Å². The topological polar surface area (TPSA) is 53.4 Å². The van der Waals surface area contributed by atoms with Gasteiger partial charge in [0, 0.05) is 19.8 Å². The van der Waals surface area contributed by atoms with Crippen molar-refractivity contribution in [1.29, 1.82) is 0 Å². The number of carboxylic acids is 1. The molecule has 1 aromatic heterocycles. The maximum absolute atomic E-state index is 11.0. The fraction of sp³-hybridized carbons (Fsp3) is 0.143. The molecule has 0 saturated carbocycles. The Kier molecular flexibility index (Phi) is 4.02. The van der Waals surface area contributed by atoms with Gasteiger partial charge in [0.25, 0.3) is 0 Å². The molecule has 0 saturated heterocycles. The van der Waals surface area contributed by atoms with Crippen LogP contribution in [0.25, 0.3) is 0 Å². The van der Waals surface area contributed by atoms with E-state index in [4.69, 9.17) is 16.7 Å². The van der Waals surface area contributed by atoms with Gasteiger partial charge in [0.2, 0.25) is 0 Å². The highest BCUT2D eigenvalue weighted by atomic mass is 35.5. The molecule has 0 unspecified atom stereocenters. The molecule has 0 aliphatic carbocycles. The number of hydrogen-bond acceptors (Lipinski definition) is 3. The number of benzene rings is 1. The van der Waals surface area contributed by atoms with Crippen molar-refractivity contribution in [2.45, 2.75) is 6.54 Å². The van der Waals surface area contributed by atoms with Crippen LogP contribution in [0.1, 0.15) is 15.9 Å². The van der Waals surface area contributed by atoms with Crippen LogP contribution in [0.5, 0.6) is 0 Å². The second kappa shape index (κ2) is 5.71. The molecule has 1 heterocycles. The minimum absolute atomic E-state index is 0.0616. The molecule has 0 fully saturated rings. The first-order valence-corrected chi connectivity index (χ1v) is 6.10. The number of aromatic carboxylic acids is 1. The highest BCUT2D eigenvalue weighted by Crippen LogP contribution is 2.27. The predicted molar refractivity (Wildman–Crippen MR) is 74.8 cm³/mol. The number of carboxylic acid groups (broad SMARTS) is 1. The van der Waals surface area contributed by atoms with Gasteiger partial charge in [-0.15, -0.1) is 0 Å². The first kappa shape index (κ1) is 13.4. The second-order valence-corrected chi connectivity index (χ2v) is 4.52. The van der Waals surface area contributed by atoms with Crippen LogP contribution in [0.3, 0.4) is 0 Å². The largest absolute Gasteiger partial charge is 0.478 e. The molecule has 4 nitrogen and oxygen atoms in total. The van der Waals surface area contributed by atoms with E-state index in [-0.39, 0.29) is 10.6 Å². The van der Waals surface area contributed by atoms with Gasteiger partial charge in [-0.1, -0.05) is 41.9 Å². The standard InChI is InChI=1S/C14H13ClN2O2/c1-17(9-10-5-3-2-4-6-10)13-12(15)11(14(18)19)7-8-16-13/h2-8H,9H2,1H3,(H,18,19). The summed E-state index contributed by atoms with van der Waals surface area (Å²) in [6.07, 6.45) is 1.45. The minimum Gasteiger partial charge on any atom is -0.478 e. The average molecular weight is 277 g/mol. The fourth-order valence-corrected chi connectivity index (χ4v) is 2.13. The number of aromatic nitrogens is 1. The van der Waals surface area contributed by atoms with Gasteiger partial charge in [-0.2, -0.15) is 0 Å². The van der Waals surface area contributed by atoms with Gasteiger partial charge in [0.1, 0.15) is 5.82 Å². The summed E-state index contributed by atoms with van der Waals surface area (Å²) in [6, 6.07) is 11.2. The molecule has 98 valence electrons. The van der Waals surface area contributed by atoms with Crippen molar-refractivity contribution in [2.24, 2.45) is 0 Å². The fourth-order valence-electron chi connectivity index (χ4n) is 1.80. The van der Waals surface area contributed by atoms with Crippen molar-refractivity contribution in [2.75, 3.05) is 11.9 Å². The van der Waals surface area contributed by atoms with Crippen molar-refractivity contribution in [1.82, 2.24) is 4.98 Å². The van der Waals surface area contributed by atoms with Crippen LogP contribution in [0, 0.1) is 0 Å². The molecule has 0 atom stereocenters. The second-order valence-electron chi connectivity index (χ2n) is 4.14. The summed E-state index contributed by atoms with van der Waals surface area (Å²) in [6.45, 7) is 0.608. The van der Waals surface area contributed by atoms with E-state index in [9.17, 15) is 4.79 Å². The minimum atomic E-state index is -1.05. The smallest absolute Gasteiger partial charge is 0.337 e. The lowest BCUT2D eigenvalue weighted by Crippen LogP contribution is -2.19. The third kappa shape index (κ3) is 3.03. The van der Waals surface area contributed by atoms with Crippen molar-refractivity contribution < 1.29 is 9.90 Å². The summed E-state index contributed by atoms with van der Waals surface area (Å²) in [5.41, 5.74) is 1.16. The lowest BCUT2D eigenvalue weighted by molar-refractivity contribution is 0.0697. The number of rotatable bonds is 4. The van der Waals surface area contributed by atoms with Crippen LogP contribution in [0.15, 0.2) is 42.6 Å². The summed E-state index contributed by atoms with van der Waals surface area (Å²) >= 11 is 6.08. The molecule has 0 amide bonds. The van der Waals surface area contributed by atoms with E-state index in [1.54, 1.807) is 0 Å². The molecule has 2 aromatic rings. The van der Waals surface area contributed by atoms with E-state index >= 15 is 0 Å². The zero-order chi connectivity index (χ0) is 13.8. The molecular formula is C14H13ClN2O2. The van der Waals surface area contributed by atoms with Gasteiger partial charge in [-0.3, -0.25) is 0 Å². The normalized spacial score (nSPS) is 10.2. The van der Waals surface area contributed by atoms with E-state index in [2.05, 4.69) is 4.98 Å². The Morgan fingerprint density at radius 1 is 1.32 bits per heavy atom. The molecule has 0 radical (unpaired) electrons. The molecule has 1 N–H and O–H groups in total. The number of carbonyl (C=O) groups is 1. The first-order chi connectivity index (χ1) is 9.09. The van der Waals surface area contributed by atoms with Crippen molar-refractivity contribution >= 4 is 23.4 Å². The molecule has 0 bridgehead atoms. The SMILES string of the molecule is CN(Cc1ccccc1)c1nccc(C(=O)O)c1Cl. The molecule has 5 heteroatoms. The number of pyridine rings is 1. The number of hydrogen-bond donors (Lipinski definition) is 1. The van der Waals surface area contributed by atoms with Crippen LogP contribution in [0.4, 0.5) is 5.82 Å². The van der Waals surface area contributed by atoms with Crippen LogP contribution in [-0.4, -0.2) is 23.1 Å². The van der Waals surface area contributed by atoms with E-state index in [1.165, 1.54) is 12.3 Å². The highest BCUT2D eigenvalue weighted by Gasteiger charge is 2.16. The highest BCUT2D eigenvalue weighted by molar-refractivity contribution is 6.35. The Bertz CT molecular complexity index is 587. The lowest BCUT2D eigenvalue weighted by Gasteiger charge is -2.20. The predicted octanol–water partition coefficient (Wildman–Crippen LogP) is 3.07. The van der Waals surface area contributed by atoms with Gasteiger partial charge >= 0.3 is 5.97 Å². The Labute approximate surface area is 116 Å². The number of nitrogens with zero attached hydrogens (tertiary/aromatic N) is 2. The molecular weight excluding hydrogens is 264 g/mol. The van der Waals surface area contributed by atoms with Crippen LogP contribution in [-0.2, 0) is 6.54 Å². The molecule has 0 spiro atoms. The van der Waals surface area contributed by atoms with E-state index < -0.39 is 5.97 Å². The van der Waals surface area contributed by atoms with Gasteiger partial charge in [0.15, 0.2) is 0 Å². The van der Waals surface area contributed by atoms with E-state index in [1.807, 2.05) is 42.3 Å². The summed E-state index contributed by atoms with van der Waals surface area (Å²) in [5.74, 6) is -0.591. The summed E-state index contributed by atoms with van der Waals surface area (Å²) in [7, 11) is 1.83. The maximum Gasteiger partial charge on any atom is 0.337 e. The third-order valence-electron chi connectivity index (χ3n) is 2.73. The van der Waals surface area contributed by atoms with Gasteiger partial charge in [0.05, 0.1) is 10.6 Å². The zero-order valence-corrected chi connectivity index (χ0v) is 11.1. The monoisotopic (exact) mass is 276 g/mol. The summed E-state index contributed by atoms with van der Waals surface area (Å²) in [4.78, 5) is 17.0. The van der Waals surface area contributed by atoms with Crippen LogP contribution in [0.2, 0.25) is 5.02 Å². The quantitative estimate of drug-likeness (QED) is 0.932. The summed E-state index contributed by atoms with van der Waals surface area (Å²) in [5, 5.41) is 9.19. The molecule has 1 aromatic carbocycles. The van der Waals surface area contributed by atoms with E-state index in [0.717, 1.165) is 5.56 Å². The van der Waals surface area contributed by atoms with Crippen LogP contribution < -0.4 is 4.90 Å². The van der Waals surface area contributed by atoms with Gasteiger partial charge in [-0.25, -0.2) is 9.78 Å². The van der Waals surface area contributed by atoms with Crippen molar-refractivity contribution in [3.63, 3.8) is 0 Å². The first-order valence-electron chi connectivity index (χ1n) is 5.72. The average Bonchev–Trinajstić information content (AvgIpc) is 2.39. The van der Waals surface area contributed by atoms with Crippen molar-refractivity contribution in [3.8, 4) is 0 Å². The molecule has 2 rings (SSSR count). The Morgan fingerprint density at radius 2 is 2.00 bits per heavy atom. The lowest BCUT2D eigenvalue weighted by atomic mass is 10.2. The molecule has 19 heavy (non-hydrogen) atoms. The number of halogens is 1. The van der Waals surface area contributed by atoms with Crippen molar-refractivity contribution in [3.05, 3.63) is 58.7 Å².